The van der Waals surface area contributed by atoms with Crippen LogP contribution < -0.4 is 5.56 Å². The SMILES string of the molecule is COC(=O)c1nc2cc3c(-c4ccc(=O)n(C)c4)nn(C(c4ccccc4)(c4ccccc4)c4ccccc4)c3cc2[nH]1. The third kappa shape index (κ3) is 4.15. The van der Waals surface area contributed by atoms with Gasteiger partial charge in [-0.25, -0.2) is 14.5 Å². The van der Waals surface area contributed by atoms with Gasteiger partial charge in [-0.2, -0.15) is 5.10 Å². The van der Waals surface area contributed by atoms with Gasteiger partial charge < -0.3 is 14.3 Å². The molecule has 0 aliphatic carbocycles. The molecule has 1 N–H and O–H groups in total. The van der Waals surface area contributed by atoms with Crippen LogP contribution in [0.25, 0.3) is 33.2 Å². The van der Waals surface area contributed by atoms with Gasteiger partial charge in [0.2, 0.25) is 11.4 Å². The fraction of sp³-hybridized carbons (Fsp3) is 0.0857. The Bertz CT molecular complexity index is 2070. The van der Waals surface area contributed by atoms with Crippen LogP contribution in [-0.2, 0) is 17.3 Å². The van der Waals surface area contributed by atoms with E-state index in [0.717, 1.165) is 33.2 Å². The maximum Gasteiger partial charge on any atom is 0.374 e. The molecule has 0 saturated heterocycles. The van der Waals surface area contributed by atoms with Crippen molar-refractivity contribution in [3.8, 4) is 11.3 Å². The summed E-state index contributed by atoms with van der Waals surface area (Å²) in [6.45, 7) is 0. The first-order valence-corrected chi connectivity index (χ1v) is 13.9. The molecule has 0 spiro atoms. The summed E-state index contributed by atoms with van der Waals surface area (Å²) < 4.78 is 8.53. The number of benzene rings is 4. The van der Waals surface area contributed by atoms with Crippen molar-refractivity contribution < 1.29 is 9.53 Å². The Morgan fingerprint density at radius 1 is 0.814 bits per heavy atom. The number of carbonyl (C=O) groups excluding carboxylic acids is 1. The molecule has 0 aliphatic rings. The zero-order valence-electron chi connectivity index (χ0n) is 23.6. The van der Waals surface area contributed by atoms with E-state index in [4.69, 9.17) is 9.84 Å². The van der Waals surface area contributed by atoms with Gasteiger partial charge in [-0.3, -0.25) is 4.79 Å². The van der Waals surface area contributed by atoms with Crippen molar-refractivity contribution in [2.75, 3.05) is 7.11 Å². The van der Waals surface area contributed by atoms with Gasteiger partial charge in [0.1, 0.15) is 11.2 Å². The molecule has 8 heteroatoms. The normalized spacial score (nSPS) is 11.7. The Labute approximate surface area is 246 Å². The molecule has 0 radical (unpaired) electrons. The fourth-order valence-corrected chi connectivity index (χ4v) is 5.92. The predicted molar refractivity (Wildman–Crippen MR) is 166 cm³/mol. The summed E-state index contributed by atoms with van der Waals surface area (Å²) in [6, 6.07) is 38.1. The second-order valence-electron chi connectivity index (χ2n) is 10.4. The van der Waals surface area contributed by atoms with Crippen molar-refractivity contribution >= 4 is 27.9 Å². The van der Waals surface area contributed by atoms with Crippen molar-refractivity contribution in [2.45, 2.75) is 5.54 Å². The molecule has 7 aromatic rings. The van der Waals surface area contributed by atoms with E-state index in [0.29, 0.717) is 16.7 Å². The molecule has 210 valence electrons. The van der Waals surface area contributed by atoms with Crippen LogP contribution in [0.1, 0.15) is 27.3 Å². The van der Waals surface area contributed by atoms with Crippen LogP contribution in [0.5, 0.6) is 0 Å². The zero-order chi connectivity index (χ0) is 29.6. The lowest BCUT2D eigenvalue weighted by molar-refractivity contribution is 0.0588. The number of fused-ring (bicyclic) bond motifs is 2. The first-order chi connectivity index (χ1) is 21.0. The molecular formula is C35H27N5O3. The van der Waals surface area contributed by atoms with Crippen LogP contribution in [0, 0.1) is 0 Å². The number of rotatable bonds is 6. The van der Waals surface area contributed by atoms with Crippen molar-refractivity contribution in [3.63, 3.8) is 0 Å². The van der Waals surface area contributed by atoms with E-state index in [1.807, 2.05) is 66.7 Å². The Morgan fingerprint density at radius 2 is 1.40 bits per heavy atom. The number of hydrogen-bond donors (Lipinski definition) is 1. The highest BCUT2D eigenvalue weighted by molar-refractivity contribution is 6.02. The first-order valence-electron chi connectivity index (χ1n) is 13.9. The number of nitrogens with one attached hydrogen (secondary N) is 1. The highest BCUT2D eigenvalue weighted by Crippen LogP contribution is 2.44. The van der Waals surface area contributed by atoms with Gasteiger partial charge in [0.25, 0.3) is 0 Å². The first kappa shape index (κ1) is 26.2. The highest BCUT2D eigenvalue weighted by Gasteiger charge is 2.41. The van der Waals surface area contributed by atoms with E-state index in [1.165, 1.54) is 7.11 Å². The standard InChI is InChI=1S/C35H27N5O3/c1-39-22-23(18-19-31(39)41)32-27-20-28-29(37-33(36-28)34(42)43-2)21-30(27)40(38-32)35(24-12-6-3-7-13-24,25-14-8-4-9-15-25)26-16-10-5-11-17-26/h3-22H,1-2H3,(H,36,37). The van der Waals surface area contributed by atoms with Gasteiger partial charge in [0, 0.05) is 30.3 Å². The number of imidazole rings is 1. The average Bonchev–Trinajstić information content (AvgIpc) is 3.64. The van der Waals surface area contributed by atoms with Crippen LogP contribution in [0.3, 0.4) is 0 Å². The molecule has 0 bridgehead atoms. The van der Waals surface area contributed by atoms with Crippen LogP contribution in [0.15, 0.2) is 126 Å². The number of ether oxygens (including phenoxy) is 1. The molecule has 3 aromatic heterocycles. The van der Waals surface area contributed by atoms with Crippen molar-refractivity contribution in [1.29, 1.82) is 0 Å². The monoisotopic (exact) mass is 565 g/mol. The molecule has 0 unspecified atom stereocenters. The molecule has 3 heterocycles. The smallest absolute Gasteiger partial charge is 0.374 e. The van der Waals surface area contributed by atoms with Gasteiger partial charge >= 0.3 is 5.97 Å². The highest BCUT2D eigenvalue weighted by atomic mass is 16.5. The fourth-order valence-electron chi connectivity index (χ4n) is 5.92. The van der Waals surface area contributed by atoms with E-state index < -0.39 is 11.5 Å². The number of carbonyl (C=O) groups is 1. The molecule has 0 fully saturated rings. The lowest BCUT2D eigenvalue weighted by Crippen LogP contribution is -2.38. The van der Waals surface area contributed by atoms with Crippen LogP contribution in [-0.4, -0.2) is 37.4 Å². The number of nitrogens with zero attached hydrogens (tertiary/aromatic N) is 4. The minimum atomic E-state index is -0.889. The zero-order valence-corrected chi connectivity index (χ0v) is 23.6. The number of pyridine rings is 1. The van der Waals surface area contributed by atoms with Gasteiger partial charge in [-0.1, -0.05) is 91.0 Å². The lowest BCUT2D eigenvalue weighted by atomic mass is 9.77. The molecule has 43 heavy (non-hydrogen) atoms. The number of aryl methyl sites for hydroxylation is 1. The van der Waals surface area contributed by atoms with E-state index in [2.05, 4.69) is 51.0 Å². The molecule has 7 rings (SSSR count). The Balaban J connectivity index is 1.67. The molecule has 0 saturated carbocycles. The minimum absolute atomic E-state index is 0.114. The van der Waals surface area contributed by atoms with Crippen LogP contribution in [0.2, 0.25) is 0 Å². The van der Waals surface area contributed by atoms with Gasteiger partial charge in [-0.15, -0.1) is 0 Å². The van der Waals surface area contributed by atoms with Gasteiger partial charge in [0.05, 0.1) is 23.7 Å². The molecular weight excluding hydrogens is 538 g/mol. The minimum Gasteiger partial charge on any atom is -0.463 e. The van der Waals surface area contributed by atoms with Gasteiger partial charge in [0.15, 0.2) is 0 Å². The summed E-state index contributed by atoms with van der Waals surface area (Å²) in [4.78, 5) is 32.4. The summed E-state index contributed by atoms with van der Waals surface area (Å²) in [5.41, 5.74) is 5.59. The third-order valence-electron chi connectivity index (χ3n) is 7.91. The number of esters is 1. The summed E-state index contributed by atoms with van der Waals surface area (Å²) in [5, 5.41) is 6.20. The molecule has 0 atom stereocenters. The van der Waals surface area contributed by atoms with E-state index in [1.54, 1.807) is 29.9 Å². The second-order valence-corrected chi connectivity index (χ2v) is 10.4. The lowest BCUT2D eigenvalue weighted by Gasteiger charge is -2.37. The average molecular weight is 566 g/mol. The van der Waals surface area contributed by atoms with Crippen molar-refractivity contribution in [3.05, 3.63) is 154 Å². The molecule has 0 aliphatic heterocycles. The summed E-state index contributed by atoms with van der Waals surface area (Å²) in [6.07, 6.45) is 1.79. The molecule has 4 aromatic carbocycles. The van der Waals surface area contributed by atoms with Crippen LogP contribution >= 0.6 is 0 Å². The quantitative estimate of drug-likeness (QED) is 0.200. The molecule has 0 amide bonds. The number of aromatic nitrogens is 5. The predicted octanol–water partition coefficient (Wildman–Crippen LogP) is 5.91. The Hall–Kier alpha value is -5.76. The van der Waals surface area contributed by atoms with Crippen LogP contribution in [0.4, 0.5) is 0 Å². The van der Waals surface area contributed by atoms with E-state index in [-0.39, 0.29) is 11.4 Å². The maximum absolute atomic E-state index is 12.4. The number of H-pyrrole nitrogens is 1. The number of hydrogen-bond acceptors (Lipinski definition) is 5. The van der Waals surface area contributed by atoms with E-state index >= 15 is 0 Å². The topological polar surface area (TPSA) is 94.8 Å². The summed E-state index contributed by atoms with van der Waals surface area (Å²) in [5.74, 6) is -0.430. The summed E-state index contributed by atoms with van der Waals surface area (Å²) >= 11 is 0. The third-order valence-corrected chi connectivity index (χ3v) is 7.91. The van der Waals surface area contributed by atoms with Gasteiger partial charge in [-0.05, 0) is 34.9 Å². The summed E-state index contributed by atoms with van der Waals surface area (Å²) in [7, 11) is 3.05. The van der Waals surface area contributed by atoms with E-state index in [9.17, 15) is 9.59 Å². The largest absolute Gasteiger partial charge is 0.463 e. The number of aromatic amines is 1. The maximum atomic E-state index is 12.4. The Kier molecular flexibility index (Phi) is 6.24. The van der Waals surface area contributed by atoms with Crippen molar-refractivity contribution in [1.82, 2.24) is 24.3 Å². The Morgan fingerprint density at radius 3 is 1.93 bits per heavy atom. The van der Waals surface area contributed by atoms with Crippen molar-refractivity contribution in [2.24, 2.45) is 7.05 Å². The number of methoxy groups -OCH3 is 1. The molecule has 8 nitrogen and oxygen atoms in total. The second kappa shape index (κ2) is 10.3.